The molecule has 2 N–H and O–H groups in total. The van der Waals surface area contributed by atoms with Crippen molar-refractivity contribution in [2.24, 2.45) is 0 Å². The van der Waals surface area contributed by atoms with Crippen molar-refractivity contribution in [3.8, 4) is 0 Å². The van der Waals surface area contributed by atoms with Gasteiger partial charge < -0.3 is 15.0 Å². The molecule has 0 amide bonds. The van der Waals surface area contributed by atoms with Gasteiger partial charge in [0.2, 0.25) is 0 Å². The highest BCUT2D eigenvalue weighted by molar-refractivity contribution is 5.31. The zero-order valence-corrected chi connectivity index (χ0v) is 8.53. The molecule has 5 nitrogen and oxygen atoms in total. The molecular weight excluding hydrogens is 194 g/mol. The van der Waals surface area contributed by atoms with Gasteiger partial charge in [-0.15, -0.1) is 0 Å². The van der Waals surface area contributed by atoms with Crippen molar-refractivity contribution in [2.75, 3.05) is 18.5 Å². The Kier molecular flexibility index (Phi) is 3.34. The van der Waals surface area contributed by atoms with Crippen molar-refractivity contribution >= 4 is 5.82 Å². The lowest BCUT2D eigenvalue weighted by Gasteiger charge is -2.22. The summed E-state index contributed by atoms with van der Waals surface area (Å²) in [6.45, 7) is 1.56. The Balaban J connectivity index is 1.84. The second-order valence-corrected chi connectivity index (χ2v) is 3.67. The lowest BCUT2D eigenvalue weighted by molar-refractivity contribution is 0.0247. The number of nitrogens with one attached hydrogen (secondary N) is 2. The molecule has 1 saturated heterocycles. The van der Waals surface area contributed by atoms with E-state index in [0.717, 1.165) is 26.0 Å². The van der Waals surface area contributed by atoms with Gasteiger partial charge in [0.05, 0.1) is 12.4 Å². The lowest BCUT2D eigenvalue weighted by atomic mass is 10.1. The molecule has 1 unspecified atom stereocenters. The maximum atomic E-state index is 11.0. The number of nitrogens with zero attached hydrogens (tertiary/aromatic N) is 1. The Bertz CT molecular complexity index is 358. The number of hydrogen-bond donors (Lipinski definition) is 2. The van der Waals surface area contributed by atoms with Gasteiger partial charge in [-0.25, -0.2) is 4.98 Å². The number of hydrogen-bond acceptors (Lipinski definition) is 4. The van der Waals surface area contributed by atoms with Crippen molar-refractivity contribution < 1.29 is 4.74 Å². The molecule has 0 bridgehead atoms. The summed E-state index contributed by atoms with van der Waals surface area (Å²) >= 11 is 0. The fourth-order valence-electron chi connectivity index (χ4n) is 1.65. The predicted octanol–water partition coefficient (Wildman–Crippen LogP) is 0.751. The number of aromatic nitrogens is 2. The van der Waals surface area contributed by atoms with Crippen LogP contribution in [0.4, 0.5) is 5.82 Å². The third-order valence-corrected chi connectivity index (χ3v) is 2.46. The maximum absolute atomic E-state index is 11.0. The Morgan fingerprint density at radius 1 is 1.60 bits per heavy atom. The fourth-order valence-corrected chi connectivity index (χ4v) is 1.65. The van der Waals surface area contributed by atoms with Crippen LogP contribution in [0.15, 0.2) is 17.2 Å². The van der Waals surface area contributed by atoms with E-state index in [1.54, 1.807) is 0 Å². The third-order valence-electron chi connectivity index (χ3n) is 2.46. The van der Waals surface area contributed by atoms with Crippen molar-refractivity contribution in [1.82, 2.24) is 9.97 Å². The second kappa shape index (κ2) is 4.93. The molecule has 0 radical (unpaired) electrons. The Morgan fingerprint density at radius 3 is 3.27 bits per heavy atom. The zero-order chi connectivity index (χ0) is 10.5. The summed E-state index contributed by atoms with van der Waals surface area (Å²) < 4.78 is 5.55. The van der Waals surface area contributed by atoms with Gasteiger partial charge in [0.1, 0.15) is 5.82 Å². The van der Waals surface area contributed by atoms with Gasteiger partial charge in [0.25, 0.3) is 5.56 Å². The summed E-state index contributed by atoms with van der Waals surface area (Å²) in [6, 6.07) is 1.45. The lowest BCUT2D eigenvalue weighted by Crippen LogP contribution is -2.27. The first-order valence-electron chi connectivity index (χ1n) is 5.25. The first-order valence-corrected chi connectivity index (χ1v) is 5.25. The molecule has 1 aliphatic rings. The summed E-state index contributed by atoms with van der Waals surface area (Å²) in [4.78, 5) is 17.4. The Labute approximate surface area is 87.9 Å². The molecule has 2 rings (SSSR count). The van der Waals surface area contributed by atoms with Crippen LogP contribution in [-0.2, 0) is 4.74 Å². The molecule has 0 aliphatic carbocycles. The van der Waals surface area contributed by atoms with E-state index < -0.39 is 0 Å². The largest absolute Gasteiger partial charge is 0.376 e. The van der Waals surface area contributed by atoms with Gasteiger partial charge in [-0.1, -0.05) is 0 Å². The first kappa shape index (κ1) is 10.2. The second-order valence-electron chi connectivity index (χ2n) is 3.67. The van der Waals surface area contributed by atoms with Crippen LogP contribution in [0.2, 0.25) is 0 Å². The van der Waals surface area contributed by atoms with E-state index in [4.69, 9.17) is 4.74 Å². The van der Waals surface area contributed by atoms with Gasteiger partial charge in [-0.05, 0) is 19.3 Å². The molecule has 1 aromatic rings. The van der Waals surface area contributed by atoms with E-state index in [1.165, 1.54) is 18.8 Å². The van der Waals surface area contributed by atoms with E-state index in [1.807, 2.05) is 0 Å². The predicted molar refractivity (Wildman–Crippen MR) is 56.9 cm³/mol. The highest BCUT2D eigenvalue weighted by Crippen LogP contribution is 2.12. The standard InChI is InChI=1S/C10H15N3O2/c14-10-5-9(12-7-13-10)11-6-8-3-1-2-4-15-8/h5,7-8H,1-4,6H2,(H2,11,12,13,14). The van der Waals surface area contributed by atoms with Crippen molar-refractivity contribution in [2.45, 2.75) is 25.4 Å². The quantitative estimate of drug-likeness (QED) is 0.771. The normalized spacial score (nSPS) is 21.2. The first-order chi connectivity index (χ1) is 7.34. The van der Waals surface area contributed by atoms with Crippen molar-refractivity contribution in [1.29, 1.82) is 0 Å². The molecule has 1 aromatic heterocycles. The minimum absolute atomic E-state index is 0.142. The highest BCUT2D eigenvalue weighted by atomic mass is 16.5. The minimum atomic E-state index is -0.142. The molecule has 0 spiro atoms. The van der Waals surface area contributed by atoms with Crippen LogP contribution >= 0.6 is 0 Å². The number of H-pyrrole nitrogens is 1. The molecule has 0 saturated carbocycles. The Hall–Kier alpha value is -1.36. The Morgan fingerprint density at radius 2 is 2.53 bits per heavy atom. The molecule has 0 aromatic carbocycles. The molecule has 5 heteroatoms. The smallest absolute Gasteiger partial charge is 0.252 e. The third kappa shape index (κ3) is 3.06. The van der Waals surface area contributed by atoms with Gasteiger partial charge in [0.15, 0.2) is 0 Å². The van der Waals surface area contributed by atoms with Crippen molar-refractivity contribution in [3.05, 3.63) is 22.7 Å². The minimum Gasteiger partial charge on any atom is -0.376 e. The maximum Gasteiger partial charge on any atom is 0.252 e. The molecule has 1 aliphatic heterocycles. The van der Waals surface area contributed by atoms with Crippen LogP contribution in [0.25, 0.3) is 0 Å². The summed E-state index contributed by atoms with van der Waals surface area (Å²) in [6.07, 6.45) is 5.09. The number of rotatable bonds is 3. The SMILES string of the molecule is O=c1cc(NCC2CCCCO2)nc[nH]1. The number of anilines is 1. The summed E-state index contributed by atoms with van der Waals surface area (Å²) in [5, 5.41) is 3.10. The van der Waals surface area contributed by atoms with Gasteiger partial charge in [0, 0.05) is 19.2 Å². The molecule has 82 valence electrons. The van der Waals surface area contributed by atoms with Gasteiger partial charge in [-0.2, -0.15) is 0 Å². The van der Waals surface area contributed by atoms with Crippen LogP contribution < -0.4 is 10.9 Å². The summed E-state index contributed by atoms with van der Waals surface area (Å²) in [5.74, 6) is 0.605. The topological polar surface area (TPSA) is 67.0 Å². The molecule has 1 fully saturated rings. The van der Waals surface area contributed by atoms with Crippen LogP contribution in [0.1, 0.15) is 19.3 Å². The van der Waals surface area contributed by atoms with E-state index in [2.05, 4.69) is 15.3 Å². The van der Waals surface area contributed by atoms with Crippen LogP contribution in [-0.4, -0.2) is 29.2 Å². The molecule has 2 heterocycles. The molecular formula is C10H15N3O2. The van der Waals surface area contributed by atoms with Gasteiger partial charge >= 0.3 is 0 Å². The van der Waals surface area contributed by atoms with E-state index in [0.29, 0.717) is 5.82 Å². The zero-order valence-electron chi connectivity index (χ0n) is 8.53. The molecule has 1 atom stereocenters. The van der Waals surface area contributed by atoms with Crippen LogP contribution in [0.5, 0.6) is 0 Å². The number of ether oxygens (including phenoxy) is 1. The van der Waals surface area contributed by atoms with E-state index in [9.17, 15) is 4.79 Å². The van der Waals surface area contributed by atoms with E-state index in [-0.39, 0.29) is 11.7 Å². The number of aromatic amines is 1. The van der Waals surface area contributed by atoms with Crippen LogP contribution in [0.3, 0.4) is 0 Å². The fraction of sp³-hybridized carbons (Fsp3) is 0.600. The monoisotopic (exact) mass is 209 g/mol. The van der Waals surface area contributed by atoms with Gasteiger partial charge in [-0.3, -0.25) is 4.79 Å². The average Bonchev–Trinajstić information content (AvgIpc) is 2.28. The average molecular weight is 209 g/mol. The summed E-state index contributed by atoms with van der Waals surface area (Å²) in [7, 11) is 0. The van der Waals surface area contributed by atoms with Crippen LogP contribution in [0, 0.1) is 0 Å². The summed E-state index contributed by atoms with van der Waals surface area (Å²) in [5.41, 5.74) is -0.142. The highest BCUT2D eigenvalue weighted by Gasteiger charge is 2.13. The molecule has 15 heavy (non-hydrogen) atoms. The van der Waals surface area contributed by atoms with E-state index >= 15 is 0 Å². The van der Waals surface area contributed by atoms with Crippen molar-refractivity contribution in [3.63, 3.8) is 0 Å².